The summed E-state index contributed by atoms with van der Waals surface area (Å²) in [6.45, 7) is 7.05. The second-order valence-corrected chi connectivity index (χ2v) is 11.2. The first-order valence-electron chi connectivity index (χ1n) is 9.41. The normalized spacial score (nSPS) is 18.7. The SMILES string of the molecule is COc1cc(OCc2ccccc2)c2c(c1)OCP2(=O)CCCC(C)(C)C. The standard InChI is InChI=1S/C22H29O4P/c1-22(2,3)11-8-12-27(23)16-26-20-14-18(24-4)13-19(21(20)27)25-15-17-9-6-5-7-10-17/h5-7,9-10,13-14H,8,11-12,15-16H2,1-4H3. The molecule has 0 aromatic heterocycles. The Hall–Kier alpha value is -1.93. The Kier molecular flexibility index (Phi) is 5.86. The van der Waals surface area contributed by atoms with Crippen LogP contribution in [-0.2, 0) is 11.2 Å². The minimum atomic E-state index is -2.64. The predicted octanol–water partition coefficient (Wildman–Crippen LogP) is 5.44. The molecule has 0 saturated carbocycles. The molecule has 1 heterocycles. The lowest BCUT2D eigenvalue weighted by Crippen LogP contribution is -2.12. The number of hydrogen-bond donors (Lipinski definition) is 0. The van der Waals surface area contributed by atoms with Crippen molar-refractivity contribution in [3.8, 4) is 17.2 Å². The van der Waals surface area contributed by atoms with Crippen molar-refractivity contribution in [3.05, 3.63) is 48.0 Å². The van der Waals surface area contributed by atoms with E-state index in [0.29, 0.717) is 30.0 Å². The summed E-state index contributed by atoms with van der Waals surface area (Å²) >= 11 is 0. The number of hydrogen-bond acceptors (Lipinski definition) is 4. The highest BCUT2D eigenvalue weighted by molar-refractivity contribution is 7.72. The molecule has 2 aromatic carbocycles. The molecule has 1 aliphatic heterocycles. The summed E-state index contributed by atoms with van der Waals surface area (Å²) in [6.07, 6.45) is 2.84. The van der Waals surface area contributed by atoms with Gasteiger partial charge in [0.05, 0.1) is 12.4 Å². The van der Waals surface area contributed by atoms with Crippen LogP contribution in [0.15, 0.2) is 42.5 Å². The number of fused-ring (bicyclic) bond motifs is 1. The topological polar surface area (TPSA) is 44.8 Å². The van der Waals surface area contributed by atoms with E-state index in [2.05, 4.69) is 20.8 Å². The molecule has 0 amide bonds. The van der Waals surface area contributed by atoms with E-state index in [4.69, 9.17) is 14.2 Å². The van der Waals surface area contributed by atoms with Crippen LogP contribution in [0.5, 0.6) is 17.2 Å². The molecule has 1 aliphatic rings. The summed E-state index contributed by atoms with van der Waals surface area (Å²) in [5, 5.41) is 0.744. The van der Waals surface area contributed by atoms with E-state index in [-0.39, 0.29) is 11.8 Å². The molecule has 5 heteroatoms. The van der Waals surface area contributed by atoms with Crippen molar-refractivity contribution < 1.29 is 18.8 Å². The number of ether oxygens (including phenoxy) is 3. The first-order chi connectivity index (χ1) is 12.8. The molecule has 0 fully saturated rings. The summed E-state index contributed by atoms with van der Waals surface area (Å²) < 4.78 is 31.0. The van der Waals surface area contributed by atoms with Gasteiger partial charge in [0, 0.05) is 18.3 Å². The van der Waals surface area contributed by atoms with Gasteiger partial charge in [-0.05, 0) is 23.8 Å². The smallest absolute Gasteiger partial charge is 0.158 e. The van der Waals surface area contributed by atoms with E-state index < -0.39 is 7.14 Å². The molecule has 1 unspecified atom stereocenters. The lowest BCUT2D eigenvalue weighted by atomic mass is 9.91. The zero-order valence-corrected chi connectivity index (χ0v) is 17.6. The quantitative estimate of drug-likeness (QED) is 0.593. The zero-order valence-electron chi connectivity index (χ0n) is 16.7. The Bertz CT molecular complexity index is 824. The van der Waals surface area contributed by atoms with Crippen LogP contribution in [0, 0.1) is 5.41 Å². The second kappa shape index (κ2) is 7.98. The van der Waals surface area contributed by atoms with E-state index in [9.17, 15) is 4.57 Å². The maximum atomic E-state index is 13.7. The van der Waals surface area contributed by atoms with Gasteiger partial charge in [0.2, 0.25) is 0 Å². The van der Waals surface area contributed by atoms with Crippen LogP contribution < -0.4 is 19.5 Å². The van der Waals surface area contributed by atoms with Crippen molar-refractivity contribution >= 4 is 12.4 Å². The van der Waals surface area contributed by atoms with Crippen LogP contribution in [0.25, 0.3) is 0 Å². The molecule has 27 heavy (non-hydrogen) atoms. The first kappa shape index (κ1) is 19.8. The average Bonchev–Trinajstić information content (AvgIpc) is 2.96. The van der Waals surface area contributed by atoms with Crippen molar-refractivity contribution in [2.75, 3.05) is 19.6 Å². The lowest BCUT2D eigenvalue weighted by molar-refractivity contribution is 0.304. The Labute approximate surface area is 162 Å². The van der Waals surface area contributed by atoms with Gasteiger partial charge in [-0.15, -0.1) is 0 Å². The van der Waals surface area contributed by atoms with E-state index in [1.165, 1.54) is 0 Å². The van der Waals surface area contributed by atoms with Gasteiger partial charge in [-0.1, -0.05) is 51.1 Å². The maximum absolute atomic E-state index is 13.7. The van der Waals surface area contributed by atoms with E-state index in [0.717, 1.165) is 23.7 Å². The monoisotopic (exact) mass is 388 g/mol. The van der Waals surface area contributed by atoms with Crippen molar-refractivity contribution in [1.29, 1.82) is 0 Å². The van der Waals surface area contributed by atoms with Crippen LogP contribution >= 0.6 is 7.14 Å². The van der Waals surface area contributed by atoms with E-state index in [1.807, 2.05) is 42.5 Å². The number of benzene rings is 2. The number of methoxy groups -OCH3 is 1. The summed E-state index contributed by atoms with van der Waals surface area (Å²) in [5.74, 6) is 1.90. The highest BCUT2D eigenvalue weighted by atomic mass is 31.2. The largest absolute Gasteiger partial charge is 0.496 e. The fourth-order valence-corrected chi connectivity index (χ4v) is 5.87. The van der Waals surface area contributed by atoms with Crippen molar-refractivity contribution in [1.82, 2.24) is 0 Å². The van der Waals surface area contributed by atoms with Gasteiger partial charge in [-0.3, -0.25) is 0 Å². The van der Waals surface area contributed by atoms with Gasteiger partial charge in [-0.25, -0.2) is 0 Å². The molecule has 1 atom stereocenters. The molecule has 0 N–H and O–H groups in total. The Morgan fingerprint density at radius 2 is 1.89 bits per heavy atom. The first-order valence-corrected chi connectivity index (χ1v) is 11.5. The van der Waals surface area contributed by atoms with Crippen LogP contribution in [0.1, 0.15) is 39.2 Å². The third kappa shape index (κ3) is 4.87. The van der Waals surface area contributed by atoms with E-state index >= 15 is 0 Å². The summed E-state index contributed by atoms with van der Waals surface area (Å²) in [5.41, 5.74) is 1.30. The average molecular weight is 388 g/mol. The summed E-state index contributed by atoms with van der Waals surface area (Å²) in [4.78, 5) is 0. The Morgan fingerprint density at radius 3 is 2.56 bits per heavy atom. The van der Waals surface area contributed by atoms with Gasteiger partial charge in [0.15, 0.2) is 7.14 Å². The lowest BCUT2D eigenvalue weighted by Gasteiger charge is -2.20. The molecule has 2 aromatic rings. The Morgan fingerprint density at radius 1 is 1.15 bits per heavy atom. The van der Waals surface area contributed by atoms with Gasteiger partial charge in [-0.2, -0.15) is 0 Å². The highest BCUT2D eigenvalue weighted by Gasteiger charge is 2.39. The molecule has 0 aliphatic carbocycles. The van der Waals surface area contributed by atoms with Crippen molar-refractivity contribution in [3.63, 3.8) is 0 Å². The zero-order chi connectivity index (χ0) is 19.5. The van der Waals surface area contributed by atoms with Crippen LogP contribution in [0.4, 0.5) is 0 Å². The number of rotatable bonds is 7. The van der Waals surface area contributed by atoms with E-state index in [1.54, 1.807) is 7.11 Å². The molecule has 0 radical (unpaired) electrons. The van der Waals surface area contributed by atoms with Gasteiger partial charge in [0.25, 0.3) is 0 Å². The maximum Gasteiger partial charge on any atom is 0.158 e. The third-order valence-corrected chi connectivity index (χ3v) is 7.61. The fraction of sp³-hybridized carbons (Fsp3) is 0.455. The fourth-order valence-electron chi connectivity index (χ4n) is 3.31. The summed E-state index contributed by atoms with van der Waals surface area (Å²) in [6, 6.07) is 13.6. The molecule has 0 spiro atoms. The molecule has 0 saturated heterocycles. The molecule has 4 nitrogen and oxygen atoms in total. The molecule has 0 bridgehead atoms. The van der Waals surface area contributed by atoms with Crippen LogP contribution in [0.3, 0.4) is 0 Å². The van der Waals surface area contributed by atoms with Gasteiger partial charge in [0.1, 0.15) is 30.2 Å². The van der Waals surface area contributed by atoms with Gasteiger partial charge < -0.3 is 18.8 Å². The minimum absolute atomic E-state index is 0.231. The Balaban J connectivity index is 1.85. The molecular formula is C22H29O4P. The predicted molar refractivity (Wildman–Crippen MR) is 110 cm³/mol. The van der Waals surface area contributed by atoms with Crippen LogP contribution in [-0.4, -0.2) is 19.6 Å². The third-order valence-electron chi connectivity index (χ3n) is 4.77. The molecular weight excluding hydrogens is 359 g/mol. The van der Waals surface area contributed by atoms with Crippen molar-refractivity contribution in [2.45, 2.75) is 40.2 Å². The molecule has 146 valence electrons. The second-order valence-electron chi connectivity index (χ2n) is 8.30. The summed E-state index contributed by atoms with van der Waals surface area (Å²) in [7, 11) is -1.03. The highest BCUT2D eigenvalue weighted by Crippen LogP contribution is 2.56. The van der Waals surface area contributed by atoms with Crippen molar-refractivity contribution in [2.24, 2.45) is 5.41 Å². The van der Waals surface area contributed by atoms with Crippen LogP contribution in [0.2, 0.25) is 0 Å². The minimum Gasteiger partial charge on any atom is -0.496 e. The van der Waals surface area contributed by atoms with Gasteiger partial charge >= 0.3 is 0 Å². The molecule has 3 rings (SSSR count).